The van der Waals surface area contributed by atoms with E-state index < -0.39 is 0 Å². The molecular weight excluding hydrogens is 336 g/mol. The minimum Gasteiger partial charge on any atom is -0.348 e. The van der Waals surface area contributed by atoms with Crippen molar-refractivity contribution in [3.05, 3.63) is 89.7 Å². The van der Waals surface area contributed by atoms with E-state index in [9.17, 15) is 4.79 Å². The second-order valence-corrected chi connectivity index (χ2v) is 7.09. The van der Waals surface area contributed by atoms with Crippen molar-refractivity contribution in [2.24, 2.45) is 0 Å². The van der Waals surface area contributed by atoms with Gasteiger partial charge in [0.25, 0.3) is 5.91 Å². The highest BCUT2D eigenvalue weighted by Crippen LogP contribution is 2.14. The van der Waals surface area contributed by atoms with Crippen LogP contribution in [0.3, 0.4) is 0 Å². The summed E-state index contributed by atoms with van der Waals surface area (Å²) in [6, 6.07) is 20.8. The minimum absolute atomic E-state index is 0.0409. The van der Waals surface area contributed by atoms with Gasteiger partial charge in [-0.25, -0.2) is 0 Å². The number of nitrogens with one attached hydrogen (secondary N) is 1. The van der Waals surface area contributed by atoms with Gasteiger partial charge in [-0.15, -0.1) is 0 Å². The number of amides is 1. The number of likely N-dealkylation sites (tertiary alicyclic amines) is 1. The fraction of sp³-hybridized carbons (Fsp3) is 0.273. The van der Waals surface area contributed by atoms with Crippen LogP contribution >= 0.6 is 0 Å². The standard InChI is InChI=1S/C22H24N4O/c27-22(20-13-23-26(16-20)15-19-9-5-2-6-10-19)24-21-11-12-25(17-21)14-18-7-3-1-4-8-18/h1-10,13,16,21H,11-12,14-15,17H2,(H,24,27)/t21-/m1/s1. The maximum atomic E-state index is 12.5. The number of carbonyl (C=O) groups excluding carboxylic acids is 1. The van der Waals surface area contributed by atoms with E-state index in [4.69, 9.17) is 0 Å². The predicted molar refractivity (Wildman–Crippen MR) is 105 cm³/mol. The minimum atomic E-state index is -0.0409. The highest BCUT2D eigenvalue weighted by Gasteiger charge is 2.24. The molecule has 5 heteroatoms. The largest absolute Gasteiger partial charge is 0.348 e. The highest BCUT2D eigenvalue weighted by molar-refractivity contribution is 5.93. The molecule has 1 atom stereocenters. The molecule has 0 unspecified atom stereocenters. The average Bonchev–Trinajstić information content (AvgIpc) is 3.33. The van der Waals surface area contributed by atoms with Crippen molar-refractivity contribution in [1.29, 1.82) is 0 Å². The normalized spacial score (nSPS) is 17.1. The predicted octanol–water partition coefficient (Wildman–Crippen LogP) is 2.94. The van der Waals surface area contributed by atoms with Gasteiger partial charge in [-0.2, -0.15) is 5.10 Å². The first-order valence-corrected chi connectivity index (χ1v) is 9.40. The third-order valence-electron chi connectivity index (χ3n) is 4.94. The first-order chi connectivity index (χ1) is 13.3. The van der Waals surface area contributed by atoms with Gasteiger partial charge in [-0.05, 0) is 17.5 Å². The Kier molecular flexibility index (Phi) is 5.30. The summed E-state index contributed by atoms with van der Waals surface area (Å²) in [6.45, 7) is 3.50. The van der Waals surface area contributed by atoms with E-state index in [1.54, 1.807) is 10.9 Å². The molecule has 1 fully saturated rings. The van der Waals surface area contributed by atoms with Crippen LogP contribution in [0.15, 0.2) is 73.1 Å². The summed E-state index contributed by atoms with van der Waals surface area (Å²) in [6.07, 6.45) is 4.45. The number of carbonyl (C=O) groups is 1. The lowest BCUT2D eigenvalue weighted by Gasteiger charge is -2.16. The lowest BCUT2D eigenvalue weighted by Crippen LogP contribution is -2.36. The van der Waals surface area contributed by atoms with Crippen LogP contribution in [0, 0.1) is 0 Å². The maximum absolute atomic E-state index is 12.5. The SMILES string of the molecule is O=C(N[C@@H]1CCN(Cc2ccccc2)C1)c1cnn(Cc2ccccc2)c1. The van der Waals surface area contributed by atoms with Crippen molar-refractivity contribution >= 4 is 5.91 Å². The number of aromatic nitrogens is 2. The van der Waals surface area contributed by atoms with E-state index in [0.717, 1.165) is 26.1 Å². The lowest BCUT2D eigenvalue weighted by molar-refractivity contribution is 0.0937. The number of hydrogen-bond acceptors (Lipinski definition) is 3. The molecule has 0 bridgehead atoms. The molecule has 4 rings (SSSR count). The molecule has 0 saturated carbocycles. The van der Waals surface area contributed by atoms with Crippen molar-refractivity contribution in [1.82, 2.24) is 20.0 Å². The summed E-state index contributed by atoms with van der Waals surface area (Å²) in [4.78, 5) is 14.9. The van der Waals surface area contributed by atoms with Crippen LogP contribution in [0.25, 0.3) is 0 Å². The van der Waals surface area contributed by atoms with Crippen molar-refractivity contribution in [3.8, 4) is 0 Å². The molecular formula is C22H24N4O. The van der Waals surface area contributed by atoms with Gasteiger partial charge in [-0.3, -0.25) is 14.4 Å². The summed E-state index contributed by atoms with van der Waals surface area (Å²) >= 11 is 0. The molecule has 2 aromatic carbocycles. The molecule has 0 radical (unpaired) electrons. The van der Waals surface area contributed by atoms with Crippen LogP contribution in [0.4, 0.5) is 0 Å². The van der Waals surface area contributed by atoms with E-state index in [2.05, 4.69) is 51.7 Å². The van der Waals surface area contributed by atoms with E-state index in [0.29, 0.717) is 12.1 Å². The monoisotopic (exact) mass is 360 g/mol. The Morgan fingerprint density at radius 1 is 1.00 bits per heavy atom. The smallest absolute Gasteiger partial charge is 0.254 e. The molecule has 1 amide bonds. The van der Waals surface area contributed by atoms with Crippen LogP contribution in [0.2, 0.25) is 0 Å². The number of hydrogen-bond donors (Lipinski definition) is 1. The van der Waals surface area contributed by atoms with E-state index in [-0.39, 0.29) is 11.9 Å². The first-order valence-electron chi connectivity index (χ1n) is 9.40. The van der Waals surface area contributed by atoms with Crippen LogP contribution in [-0.4, -0.2) is 39.7 Å². The molecule has 138 valence electrons. The van der Waals surface area contributed by atoms with Gasteiger partial charge in [0.05, 0.1) is 18.3 Å². The maximum Gasteiger partial charge on any atom is 0.254 e. The Balaban J connectivity index is 1.29. The zero-order valence-electron chi connectivity index (χ0n) is 15.3. The van der Waals surface area contributed by atoms with Gasteiger partial charge in [0, 0.05) is 31.9 Å². The molecule has 0 spiro atoms. The number of benzene rings is 2. The van der Waals surface area contributed by atoms with Crippen molar-refractivity contribution in [3.63, 3.8) is 0 Å². The molecule has 27 heavy (non-hydrogen) atoms. The molecule has 1 aromatic heterocycles. The van der Waals surface area contributed by atoms with E-state index in [1.165, 1.54) is 11.1 Å². The Morgan fingerprint density at radius 2 is 1.67 bits per heavy atom. The summed E-state index contributed by atoms with van der Waals surface area (Å²) < 4.78 is 1.81. The van der Waals surface area contributed by atoms with Crippen LogP contribution in [0.1, 0.15) is 27.9 Å². The Morgan fingerprint density at radius 3 is 2.37 bits per heavy atom. The van der Waals surface area contributed by atoms with Crippen molar-refractivity contribution in [2.45, 2.75) is 25.6 Å². The van der Waals surface area contributed by atoms with Gasteiger partial charge < -0.3 is 5.32 Å². The zero-order chi connectivity index (χ0) is 18.5. The fourth-order valence-electron chi connectivity index (χ4n) is 3.54. The van der Waals surface area contributed by atoms with Crippen molar-refractivity contribution < 1.29 is 4.79 Å². The summed E-state index contributed by atoms with van der Waals surface area (Å²) in [5.41, 5.74) is 3.10. The van der Waals surface area contributed by atoms with Gasteiger partial charge in [0.1, 0.15) is 0 Å². The van der Waals surface area contributed by atoms with Gasteiger partial charge in [0.15, 0.2) is 0 Å². The van der Waals surface area contributed by atoms with Crippen LogP contribution < -0.4 is 5.32 Å². The lowest BCUT2D eigenvalue weighted by atomic mass is 10.2. The van der Waals surface area contributed by atoms with E-state index >= 15 is 0 Å². The Labute approximate surface area is 159 Å². The molecule has 1 N–H and O–H groups in total. The molecule has 5 nitrogen and oxygen atoms in total. The highest BCUT2D eigenvalue weighted by atomic mass is 16.1. The van der Waals surface area contributed by atoms with Gasteiger partial charge >= 0.3 is 0 Å². The topological polar surface area (TPSA) is 50.2 Å². The Bertz CT molecular complexity index is 876. The molecule has 1 saturated heterocycles. The quantitative estimate of drug-likeness (QED) is 0.735. The third-order valence-corrected chi connectivity index (χ3v) is 4.94. The van der Waals surface area contributed by atoms with Gasteiger partial charge in [-0.1, -0.05) is 60.7 Å². The van der Waals surface area contributed by atoms with Gasteiger partial charge in [0.2, 0.25) is 0 Å². The molecule has 1 aliphatic heterocycles. The third kappa shape index (κ3) is 4.63. The average molecular weight is 360 g/mol. The van der Waals surface area contributed by atoms with Crippen LogP contribution in [-0.2, 0) is 13.1 Å². The molecule has 3 aromatic rings. The second kappa shape index (κ2) is 8.18. The Hall–Kier alpha value is -2.92. The molecule has 1 aliphatic rings. The first kappa shape index (κ1) is 17.5. The number of rotatable bonds is 6. The molecule has 0 aliphatic carbocycles. The second-order valence-electron chi connectivity index (χ2n) is 7.09. The van der Waals surface area contributed by atoms with Crippen molar-refractivity contribution in [2.75, 3.05) is 13.1 Å². The zero-order valence-corrected chi connectivity index (χ0v) is 15.3. The summed E-state index contributed by atoms with van der Waals surface area (Å²) in [5, 5.41) is 7.48. The van der Waals surface area contributed by atoms with Crippen LogP contribution in [0.5, 0.6) is 0 Å². The summed E-state index contributed by atoms with van der Waals surface area (Å²) in [5.74, 6) is -0.0409. The fourth-order valence-corrected chi connectivity index (χ4v) is 3.54. The number of nitrogens with zero attached hydrogens (tertiary/aromatic N) is 3. The summed E-state index contributed by atoms with van der Waals surface area (Å²) in [7, 11) is 0. The molecule has 2 heterocycles. The van der Waals surface area contributed by atoms with E-state index in [1.807, 2.05) is 30.5 Å².